The minimum Gasteiger partial charge on any atom is -0.495 e. The second-order valence-electron chi connectivity index (χ2n) is 11.0. The van der Waals surface area contributed by atoms with Crippen LogP contribution in [-0.4, -0.2) is 53.9 Å². The number of ether oxygens (including phenoxy) is 1. The number of nitrogens with one attached hydrogen (secondary N) is 1. The number of rotatable bonds is 16. The number of methoxy groups -OCH3 is 1. The third-order valence-corrected chi connectivity index (χ3v) is 9.19. The number of nitrogens with zero attached hydrogens (tertiary/aromatic N) is 5. The maximum Gasteiger partial charge on any atom is 0.232 e. The first-order chi connectivity index (χ1) is 21.1. The summed E-state index contributed by atoms with van der Waals surface area (Å²) in [5, 5.41) is 0. The van der Waals surface area contributed by atoms with Crippen molar-refractivity contribution >= 4 is 32.7 Å². The maximum atomic E-state index is 15.9. The van der Waals surface area contributed by atoms with Crippen molar-refractivity contribution in [2.75, 3.05) is 29.5 Å². The lowest BCUT2D eigenvalue weighted by atomic mass is 10.0. The van der Waals surface area contributed by atoms with Gasteiger partial charge in [0.1, 0.15) is 28.6 Å². The molecule has 0 fully saturated rings. The minimum absolute atomic E-state index is 0.196. The first-order valence-corrected chi connectivity index (χ1v) is 16.9. The molecule has 0 aliphatic carbocycles. The van der Waals surface area contributed by atoms with Crippen LogP contribution in [0.4, 0.5) is 20.3 Å². The maximum absolute atomic E-state index is 15.9. The van der Waals surface area contributed by atoms with Crippen LogP contribution in [0.5, 0.6) is 5.75 Å². The normalized spacial score (nSPS) is 12.4. The van der Waals surface area contributed by atoms with Gasteiger partial charge in [-0.1, -0.05) is 52.9 Å². The van der Waals surface area contributed by atoms with Gasteiger partial charge in [-0.15, -0.1) is 0 Å². The number of hydrogen-bond donors (Lipinski definition) is 1. The van der Waals surface area contributed by atoms with Crippen molar-refractivity contribution in [1.29, 1.82) is 0 Å². The van der Waals surface area contributed by atoms with Gasteiger partial charge in [0.2, 0.25) is 10.0 Å². The molecule has 0 bridgehead atoms. The molecule has 3 heterocycles. The van der Waals surface area contributed by atoms with E-state index in [2.05, 4.69) is 33.4 Å². The second-order valence-corrected chi connectivity index (χ2v) is 12.8. The van der Waals surface area contributed by atoms with Gasteiger partial charge in [0.05, 0.1) is 30.9 Å². The highest BCUT2D eigenvalue weighted by atomic mass is 32.2. The van der Waals surface area contributed by atoms with Gasteiger partial charge in [-0.2, -0.15) is 0 Å². The molecule has 0 spiro atoms. The van der Waals surface area contributed by atoms with Gasteiger partial charge in [0.15, 0.2) is 11.5 Å². The van der Waals surface area contributed by atoms with Crippen LogP contribution in [0.3, 0.4) is 0 Å². The first-order valence-electron chi connectivity index (χ1n) is 15.2. The Morgan fingerprint density at radius 3 is 2.52 bits per heavy atom. The Morgan fingerprint density at radius 1 is 1.02 bits per heavy atom. The van der Waals surface area contributed by atoms with E-state index in [4.69, 9.17) is 9.72 Å². The second kappa shape index (κ2) is 14.8. The molecule has 0 aliphatic heterocycles. The molecular formula is C32H42F2N6O3S. The number of halogens is 2. The summed E-state index contributed by atoms with van der Waals surface area (Å²) in [4.78, 5) is 16.1. The highest BCUT2D eigenvalue weighted by Crippen LogP contribution is 2.36. The van der Waals surface area contributed by atoms with Gasteiger partial charge in [-0.3, -0.25) is 14.3 Å². The molecule has 1 aromatic carbocycles. The van der Waals surface area contributed by atoms with Gasteiger partial charge < -0.3 is 9.64 Å². The molecule has 4 rings (SSSR count). The molecule has 1 atom stereocenters. The van der Waals surface area contributed by atoms with Crippen LogP contribution in [0.25, 0.3) is 28.0 Å². The van der Waals surface area contributed by atoms with Crippen molar-refractivity contribution in [2.45, 2.75) is 78.2 Å². The summed E-state index contributed by atoms with van der Waals surface area (Å²) in [7, 11) is -0.289. The fourth-order valence-corrected chi connectivity index (χ4v) is 6.53. The molecule has 0 amide bonds. The Bertz CT molecular complexity index is 1680. The van der Waals surface area contributed by atoms with Crippen LogP contribution in [0.15, 0.2) is 43.0 Å². The summed E-state index contributed by atoms with van der Waals surface area (Å²) in [5.41, 5.74) is 0.968. The van der Waals surface area contributed by atoms with Crippen LogP contribution < -0.4 is 14.4 Å². The Kier molecular flexibility index (Phi) is 11.1. The fourth-order valence-electron chi connectivity index (χ4n) is 5.40. The summed E-state index contributed by atoms with van der Waals surface area (Å²) in [6.45, 7) is 6.06. The van der Waals surface area contributed by atoms with Crippen molar-refractivity contribution < 1.29 is 21.9 Å². The Labute approximate surface area is 258 Å². The van der Waals surface area contributed by atoms with Gasteiger partial charge in [0, 0.05) is 36.6 Å². The molecule has 0 aliphatic rings. The summed E-state index contributed by atoms with van der Waals surface area (Å²) in [6, 6.07) is 4.13. The van der Waals surface area contributed by atoms with Crippen molar-refractivity contribution in [1.82, 2.24) is 19.5 Å². The molecular weight excluding hydrogens is 586 g/mol. The van der Waals surface area contributed by atoms with E-state index in [1.165, 1.54) is 30.9 Å². The van der Waals surface area contributed by atoms with E-state index in [0.717, 1.165) is 37.8 Å². The molecule has 4 aromatic rings. The lowest BCUT2D eigenvalue weighted by molar-refractivity contribution is 0.413. The van der Waals surface area contributed by atoms with Crippen molar-refractivity contribution in [2.24, 2.45) is 0 Å². The van der Waals surface area contributed by atoms with E-state index in [1.54, 1.807) is 37.8 Å². The topological polar surface area (TPSA) is 102 Å². The molecule has 9 nitrogen and oxygen atoms in total. The number of benzene rings is 1. The van der Waals surface area contributed by atoms with Gasteiger partial charge in [-0.05, 0) is 37.5 Å². The average Bonchev–Trinajstić information content (AvgIpc) is 3.38. The third kappa shape index (κ3) is 7.46. The monoisotopic (exact) mass is 628 g/mol. The number of anilines is 2. The number of sulfonamides is 1. The van der Waals surface area contributed by atoms with Crippen LogP contribution in [0, 0.1) is 11.6 Å². The standard InChI is InChI=1S/C32H42F2N6O3S/c1-6-9-10-11-13-23(12-7-2)39(4)28-20-36-32-30(37-28)25(22-17-24(43-5)19-35-18-22)21-40(32)31-26(33)14-15-27(29(31)34)38-44(41,42)16-8-3/h14-15,17-21,23,38H,6-13,16H2,1-5H3. The quantitative estimate of drug-likeness (QED) is 0.128. The van der Waals surface area contributed by atoms with E-state index < -0.39 is 27.3 Å². The Balaban J connectivity index is 1.87. The predicted molar refractivity (Wildman–Crippen MR) is 172 cm³/mol. The average molecular weight is 629 g/mol. The molecule has 0 saturated carbocycles. The van der Waals surface area contributed by atoms with E-state index in [0.29, 0.717) is 34.6 Å². The molecule has 0 saturated heterocycles. The smallest absolute Gasteiger partial charge is 0.232 e. The fraction of sp³-hybridized carbons (Fsp3) is 0.469. The van der Waals surface area contributed by atoms with E-state index in [9.17, 15) is 8.42 Å². The van der Waals surface area contributed by atoms with Gasteiger partial charge >= 0.3 is 0 Å². The molecule has 1 unspecified atom stereocenters. The van der Waals surface area contributed by atoms with Crippen molar-refractivity contribution in [3.05, 3.63) is 54.6 Å². The molecule has 3 aromatic heterocycles. The minimum atomic E-state index is -3.82. The van der Waals surface area contributed by atoms with Gasteiger partial charge in [-0.25, -0.2) is 27.2 Å². The summed E-state index contributed by atoms with van der Waals surface area (Å²) in [6.07, 6.45) is 14.4. The number of hydrogen-bond acceptors (Lipinski definition) is 7. The van der Waals surface area contributed by atoms with E-state index in [-0.39, 0.29) is 23.1 Å². The van der Waals surface area contributed by atoms with E-state index in [1.807, 2.05) is 7.05 Å². The molecule has 0 radical (unpaired) electrons. The zero-order chi connectivity index (χ0) is 31.9. The largest absolute Gasteiger partial charge is 0.495 e. The number of unbranched alkanes of at least 4 members (excludes halogenated alkanes) is 3. The lowest BCUT2D eigenvalue weighted by Crippen LogP contribution is -2.32. The zero-order valence-electron chi connectivity index (χ0n) is 26.1. The third-order valence-electron chi connectivity index (χ3n) is 7.71. The molecule has 12 heteroatoms. The first kappa shape index (κ1) is 33.1. The van der Waals surface area contributed by atoms with Crippen LogP contribution in [0.2, 0.25) is 0 Å². The lowest BCUT2D eigenvalue weighted by Gasteiger charge is -2.29. The predicted octanol–water partition coefficient (Wildman–Crippen LogP) is 7.50. The van der Waals surface area contributed by atoms with Crippen molar-refractivity contribution in [3.63, 3.8) is 0 Å². The van der Waals surface area contributed by atoms with E-state index >= 15 is 8.78 Å². The van der Waals surface area contributed by atoms with Crippen LogP contribution in [0.1, 0.15) is 72.1 Å². The summed E-state index contributed by atoms with van der Waals surface area (Å²) >= 11 is 0. The number of fused-ring (bicyclic) bond motifs is 1. The number of aromatic nitrogens is 4. The zero-order valence-corrected chi connectivity index (χ0v) is 26.9. The molecule has 238 valence electrons. The number of pyridine rings is 1. The van der Waals surface area contributed by atoms with Crippen molar-refractivity contribution in [3.8, 4) is 22.6 Å². The van der Waals surface area contributed by atoms with Crippen LogP contribution >= 0.6 is 0 Å². The Morgan fingerprint density at radius 2 is 1.82 bits per heavy atom. The molecule has 1 N–H and O–H groups in total. The highest BCUT2D eigenvalue weighted by molar-refractivity contribution is 7.92. The van der Waals surface area contributed by atoms with Crippen LogP contribution in [-0.2, 0) is 10.0 Å². The summed E-state index contributed by atoms with van der Waals surface area (Å²) < 4.78 is 65.1. The van der Waals surface area contributed by atoms with Gasteiger partial charge in [0.25, 0.3) is 0 Å². The highest BCUT2D eigenvalue weighted by Gasteiger charge is 2.25. The molecule has 44 heavy (non-hydrogen) atoms. The Hall–Kier alpha value is -3.80. The summed E-state index contributed by atoms with van der Waals surface area (Å²) in [5.74, 6) is -0.994. The SMILES string of the molecule is CCCCCCC(CCC)N(C)c1cnc2c(n1)c(-c1cncc(OC)c1)cn2-c1c(F)ccc(NS(=O)(=O)CCC)c1F.